The first-order valence-corrected chi connectivity index (χ1v) is 22.7. The summed E-state index contributed by atoms with van der Waals surface area (Å²) in [6, 6.07) is 9.29. The van der Waals surface area contributed by atoms with Crippen LogP contribution in [0.25, 0.3) is 12.2 Å². The van der Waals surface area contributed by atoms with Crippen molar-refractivity contribution in [2.75, 3.05) is 0 Å². The topological polar surface area (TPSA) is 0 Å². The fourth-order valence-electron chi connectivity index (χ4n) is 6.31. The monoisotopic (exact) mass is 491 g/mol. The molecule has 0 nitrogen and oxygen atoms in total. The molecule has 0 bridgehead atoms. The number of benzene rings is 2. The second-order valence-corrected chi connectivity index (χ2v) is 39.4. The Hall–Kier alpha value is -0.569. The molecule has 159 valence electrons. The zero-order chi connectivity index (χ0) is 22.2. The molecule has 0 radical (unpaired) electrons. The molecule has 0 fully saturated rings. The van der Waals surface area contributed by atoms with E-state index in [2.05, 4.69) is 91.1 Å². The van der Waals surface area contributed by atoms with Crippen LogP contribution in [0.5, 0.6) is 0 Å². The van der Waals surface area contributed by atoms with Crippen LogP contribution >= 0.6 is 18.6 Å². The van der Waals surface area contributed by atoms with E-state index in [0.29, 0.717) is 0 Å². The van der Waals surface area contributed by atoms with Crippen molar-refractivity contribution in [2.45, 2.75) is 63.1 Å². The number of allylic oxidation sites excluding steroid dienone is 2. The third kappa shape index (κ3) is 3.04. The molecule has 0 N–H and O–H groups in total. The van der Waals surface area contributed by atoms with E-state index in [9.17, 15) is 0 Å². The van der Waals surface area contributed by atoms with Crippen molar-refractivity contribution in [1.82, 2.24) is 0 Å². The van der Waals surface area contributed by atoms with Gasteiger partial charge in [-0.1, -0.05) is 0 Å². The second kappa shape index (κ2) is 7.22. The van der Waals surface area contributed by atoms with E-state index in [-0.39, 0.29) is 8.45 Å². The van der Waals surface area contributed by atoms with E-state index in [1.165, 1.54) is 55.7 Å². The SMILES string of the molecule is CC1=Cc2c(C)cc(C)cc2[CH]1[Ti]([Cl])([Cl])([CH]1C(C)=Cc2c(C)cc(C)cc21)[SiH](C)C. The number of hydrogen-bond acceptors (Lipinski definition) is 0. The van der Waals surface area contributed by atoms with Crippen LogP contribution < -0.4 is 0 Å². The molecule has 0 aromatic heterocycles. The third-order valence-electron chi connectivity index (χ3n) is 7.61. The summed E-state index contributed by atoms with van der Waals surface area (Å²) in [4.78, 5) is 0. The van der Waals surface area contributed by atoms with Crippen molar-refractivity contribution in [2.24, 2.45) is 0 Å². The quantitative estimate of drug-likeness (QED) is 0.377. The Morgan fingerprint density at radius 2 is 1.03 bits per heavy atom. The minimum atomic E-state index is -4.16. The van der Waals surface area contributed by atoms with Gasteiger partial charge in [-0.2, -0.15) is 0 Å². The summed E-state index contributed by atoms with van der Waals surface area (Å²) in [5, 5.41) is 0. The summed E-state index contributed by atoms with van der Waals surface area (Å²) in [6.45, 7) is 16.7. The molecule has 30 heavy (non-hydrogen) atoms. The van der Waals surface area contributed by atoms with E-state index in [1.54, 1.807) is 0 Å². The third-order valence-corrected chi connectivity index (χ3v) is 43.1. The molecule has 2 aromatic carbocycles. The van der Waals surface area contributed by atoms with Crippen molar-refractivity contribution >= 4 is 37.4 Å². The molecule has 2 aliphatic carbocycles. The van der Waals surface area contributed by atoms with Gasteiger partial charge in [-0.15, -0.1) is 0 Å². The number of aryl methyl sites for hydroxylation is 4. The van der Waals surface area contributed by atoms with Gasteiger partial charge in [0.2, 0.25) is 0 Å². The average Bonchev–Trinajstić information content (AvgIpc) is 3.12. The van der Waals surface area contributed by atoms with Crippen molar-refractivity contribution in [1.29, 1.82) is 0 Å². The molecule has 0 saturated heterocycles. The number of halogens is 2. The normalized spacial score (nSPS) is 21.8. The molecule has 2 aliphatic rings. The van der Waals surface area contributed by atoms with Crippen LogP contribution in [0.15, 0.2) is 35.4 Å². The average molecular weight is 492 g/mol. The first-order valence-electron chi connectivity index (χ1n) is 11.0. The van der Waals surface area contributed by atoms with Crippen LogP contribution in [0.1, 0.15) is 66.8 Å². The van der Waals surface area contributed by atoms with Gasteiger partial charge in [-0.25, -0.2) is 0 Å². The second-order valence-electron chi connectivity index (χ2n) is 10.2. The molecule has 0 amide bonds. The molecule has 2 unspecified atom stereocenters. The van der Waals surface area contributed by atoms with Gasteiger partial charge in [0.15, 0.2) is 0 Å². The molecular weight excluding hydrogens is 459 g/mol. The first-order chi connectivity index (χ1) is 13.9. The summed E-state index contributed by atoms with van der Waals surface area (Å²) in [7, 11) is 16.3. The minimum absolute atomic E-state index is 0.186. The van der Waals surface area contributed by atoms with Gasteiger partial charge in [-0.05, 0) is 0 Å². The van der Waals surface area contributed by atoms with Crippen LogP contribution in [0.4, 0.5) is 0 Å². The number of fused-ring (bicyclic) bond motifs is 2. The summed E-state index contributed by atoms with van der Waals surface area (Å²) < 4.78 is 0.372. The Bertz CT molecular complexity index is 1060. The Balaban J connectivity index is 2.03. The molecule has 0 saturated carbocycles. The maximum absolute atomic E-state index is 8.13. The maximum atomic E-state index is 8.13. The summed E-state index contributed by atoms with van der Waals surface area (Å²) >= 11 is -4.16. The van der Waals surface area contributed by atoms with Crippen LogP contribution in [0.2, 0.25) is 13.1 Å². The predicted octanol–water partition coefficient (Wildman–Crippen LogP) is 8.52. The van der Waals surface area contributed by atoms with Gasteiger partial charge in [-0.3, -0.25) is 0 Å². The van der Waals surface area contributed by atoms with Gasteiger partial charge in [0.05, 0.1) is 0 Å². The molecular formula is C26H33Cl2SiTi. The summed E-state index contributed by atoms with van der Waals surface area (Å²) in [6.07, 6.45) is 4.74. The fourth-order valence-corrected chi connectivity index (χ4v) is 28.4. The van der Waals surface area contributed by atoms with Crippen LogP contribution in [-0.2, 0) is 12.4 Å². The summed E-state index contributed by atoms with van der Waals surface area (Å²) in [5.74, 6) is 0. The van der Waals surface area contributed by atoms with Crippen molar-refractivity contribution in [3.05, 3.63) is 79.9 Å². The Labute approximate surface area is 191 Å². The van der Waals surface area contributed by atoms with Crippen molar-refractivity contribution < 1.29 is 12.4 Å². The predicted molar refractivity (Wildman–Crippen MR) is 135 cm³/mol. The Morgan fingerprint density at radius 1 is 0.667 bits per heavy atom. The van der Waals surface area contributed by atoms with Crippen molar-refractivity contribution in [3.63, 3.8) is 0 Å². The van der Waals surface area contributed by atoms with Crippen molar-refractivity contribution in [3.8, 4) is 0 Å². The molecule has 2 atom stereocenters. The summed E-state index contributed by atoms with van der Waals surface area (Å²) in [5.41, 5.74) is 13.5. The molecule has 2 aromatic rings. The van der Waals surface area contributed by atoms with Gasteiger partial charge in [0.1, 0.15) is 0 Å². The number of hydrogen-bond donors (Lipinski definition) is 0. The van der Waals surface area contributed by atoms with E-state index in [4.69, 9.17) is 18.6 Å². The van der Waals surface area contributed by atoms with E-state index < -0.39 is 19.1 Å². The molecule has 0 aliphatic heterocycles. The van der Waals surface area contributed by atoms with Gasteiger partial charge >= 0.3 is 193 Å². The molecule has 0 spiro atoms. The fraction of sp³-hybridized carbons (Fsp3) is 0.385. The molecule has 4 rings (SSSR count). The molecule has 4 heteroatoms. The Kier molecular flexibility index (Phi) is 5.44. The van der Waals surface area contributed by atoms with Gasteiger partial charge < -0.3 is 0 Å². The van der Waals surface area contributed by atoms with E-state index in [1.807, 2.05) is 0 Å². The van der Waals surface area contributed by atoms with Gasteiger partial charge in [0.25, 0.3) is 0 Å². The molecule has 0 heterocycles. The number of rotatable bonds is 3. The van der Waals surface area contributed by atoms with Crippen LogP contribution in [0.3, 0.4) is 0 Å². The zero-order valence-corrected chi connectivity index (χ0v) is 23.7. The van der Waals surface area contributed by atoms with E-state index >= 15 is 0 Å². The first kappa shape index (κ1) is 22.6. The van der Waals surface area contributed by atoms with Crippen LogP contribution in [0, 0.1) is 27.7 Å². The van der Waals surface area contributed by atoms with Crippen LogP contribution in [-0.4, -0.2) is 6.66 Å². The Morgan fingerprint density at radius 3 is 1.37 bits per heavy atom. The van der Waals surface area contributed by atoms with E-state index in [0.717, 1.165) is 0 Å². The van der Waals surface area contributed by atoms with Gasteiger partial charge in [0, 0.05) is 0 Å². The zero-order valence-electron chi connectivity index (χ0n) is 19.5. The standard InChI is InChI=1S/2C12H13.C2H7Si.2ClH.Ti/c2*1-8-4-10(3)12-7-9(2)6-11(12)5-8;1-3-2;;;/h2*4-7H,1-3H3;3H,1-2H3;2*1H;/q;;;;;+2/p-2.